The number of fused-ring (bicyclic) bond motifs is 3. The number of imidazole rings is 1. The fourth-order valence-electron chi connectivity index (χ4n) is 9.59. The summed E-state index contributed by atoms with van der Waals surface area (Å²) in [5.41, 5.74) is 8.45. The average molecular weight is 1020 g/mol. The molecule has 4 heterocycles. The number of unbranched alkanes of at least 4 members (excludes halogenated alkanes) is 1. The Morgan fingerprint density at radius 2 is 1.51 bits per heavy atom. The van der Waals surface area contributed by atoms with Gasteiger partial charge in [-0.2, -0.15) is 0 Å². The molecule has 21 heteroatoms. The fraction of sp³-hybridized carbons (Fsp3) is 0.434. The van der Waals surface area contributed by atoms with E-state index in [1.54, 1.807) is 6.20 Å². The van der Waals surface area contributed by atoms with Gasteiger partial charge in [0.2, 0.25) is 53.2 Å². The summed E-state index contributed by atoms with van der Waals surface area (Å²) in [4.78, 5) is 137. The SMILES string of the molecule is CCCC[C@H](NC(C)=O)C(=O)N[C@H]1CC(=O)NCCCC[C@@H](C(N)=O)NC(=O)[C@H](Cc2c[nH]c3ccccc23)NC(=O)[C@@H]2CCCN2C(=O)[C@H](Cc2ccc3ccccc3c2)NC(=O)[C@H](Cc2cnc[nH]2)NC1=O. The molecule has 11 N–H and O–H groups in total. The Bertz CT molecular complexity index is 2830. The summed E-state index contributed by atoms with van der Waals surface area (Å²) < 4.78 is 0. The van der Waals surface area contributed by atoms with Crippen LogP contribution in [0, 0.1) is 0 Å². The fourth-order valence-corrected chi connectivity index (χ4v) is 9.59. The van der Waals surface area contributed by atoms with Crippen molar-refractivity contribution in [1.82, 2.24) is 57.1 Å². The van der Waals surface area contributed by atoms with Gasteiger partial charge >= 0.3 is 0 Å². The quantitative estimate of drug-likeness (QED) is 0.0808. The highest BCUT2D eigenvalue weighted by Crippen LogP contribution is 2.24. The molecule has 3 aromatic carbocycles. The smallest absolute Gasteiger partial charge is 0.246 e. The highest BCUT2D eigenvalue weighted by Gasteiger charge is 2.41. The number of nitrogens with one attached hydrogen (secondary N) is 9. The molecule has 0 saturated carbocycles. The number of para-hydroxylation sites is 1. The number of hydrogen-bond acceptors (Lipinski definition) is 10. The number of benzene rings is 3. The Hall–Kier alpha value is -8.10. The Labute approximate surface area is 428 Å². The largest absolute Gasteiger partial charge is 0.368 e. The second-order valence-electron chi connectivity index (χ2n) is 19.1. The number of rotatable bonds is 13. The molecule has 74 heavy (non-hydrogen) atoms. The van der Waals surface area contributed by atoms with E-state index < -0.39 is 102 Å². The zero-order valence-corrected chi connectivity index (χ0v) is 41.7. The molecule has 2 aliphatic heterocycles. The van der Waals surface area contributed by atoms with Gasteiger partial charge in [-0.25, -0.2) is 4.98 Å². The highest BCUT2D eigenvalue weighted by molar-refractivity contribution is 5.99. The highest BCUT2D eigenvalue weighted by atomic mass is 16.2. The molecule has 5 aromatic rings. The number of H-pyrrole nitrogens is 2. The zero-order valence-electron chi connectivity index (χ0n) is 41.7. The van der Waals surface area contributed by atoms with Crippen molar-refractivity contribution in [2.45, 2.75) is 133 Å². The van der Waals surface area contributed by atoms with Gasteiger partial charge in [-0.15, -0.1) is 0 Å². The number of nitrogens with two attached hydrogens (primary N) is 1. The van der Waals surface area contributed by atoms with E-state index in [9.17, 15) is 38.4 Å². The number of aromatic amines is 2. The second kappa shape index (κ2) is 25.5. The normalized spacial score (nSPS) is 22.4. The minimum atomic E-state index is -1.55. The van der Waals surface area contributed by atoms with Gasteiger partial charge in [-0.05, 0) is 66.5 Å². The lowest BCUT2D eigenvalue weighted by molar-refractivity contribution is -0.142. The minimum Gasteiger partial charge on any atom is -0.368 e. The maximum Gasteiger partial charge on any atom is 0.246 e. The Morgan fingerprint density at radius 1 is 0.784 bits per heavy atom. The standard InChI is InChI=1S/C53H66N12O9/c1-3-4-15-40(59-31(2)66)48(69)62-43-27-46(67)56-21-10-9-17-39(47(54)68)60-49(70)41(25-35-28-57-38-16-8-7-14-37(35)38)63-52(73)45-18-11-22-65(45)53(74)44(24-32-19-20-33-12-5-6-13-34(33)23-32)64-50(71)42(61-51(43)72)26-36-29-55-30-58-36/h5-8,12-14,16,19-20,23,28-30,39-45,57H,3-4,9-11,15,17-18,21-22,24-27H2,1-2H3,(H2,54,68)(H,55,58)(H,56,67)(H,59,66)(H,60,70)(H,61,72)(H,62,69)(H,63,73)(H,64,71)/t39-,40-,41-,42-,43-,44-,45-/m0/s1. The molecular weight excluding hydrogens is 949 g/mol. The summed E-state index contributed by atoms with van der Waals surface area (Å²) in [6.07, 6.45) is 6.70. The van der Waals surface area contributed by atoms with Gasteiger partial charge in [-0.3, -0.25) is 43.2 Å². The van der Waals surface area contributed by atoms with Gasteiger partial charge in [0.25, 0.3) is 0 Å². The Kier molecular flexibility index (Phi) is 18.5. The van der Waals surface area contributed by atoms with Crippen LogP contribution in [0.15, 0.2) is 85.5 Å². The summed E-state index contributed by atoms with van der Waals surface area (Å²) in [5, 5.41) is 21.9. The number of aromatic nitrogens is 3. The van der Waals surface area contributed by atoms with Gasteiger partial charge in [0.1, 0.15) is 42.3 Å². The minimum absolute atomic E-state index is 0.0118. The van der Waals surface area contributed by atoms with E-state index in [1.807, 2.05) is 73.7 Å². The van der Waals surface area contributed by atoms with Crippen molar-refractivity contribution in [3.05, 3.63) is 102 Å². The predicted molar refractivity (Wildman–Crippen MR) is 274 cm³/mol. The first kappa shape index (κ1) is 53.7. The van der Waals surface area contributed by atoms with E-state index >= 15 is 4.79 Å². The summed E-state index contributed by atoms with van der Waals surface area (Å²) in [5.74, 6) is -6.25. The molecule has 0 radical (unpaired) electrons. The molecule has 7 atom stereocenters. The van der Waals surface area contributed by atoms with E-state index in [2.05, 4.69) is 52.2 Å². The monoisotopic (exact) mass is 1010 g/mol. The van der Waals surface area contributed by atoms with Gasteiger partial charge < -0.3 is 57.8 Å². The molecule has 2 aliphatic rings. The topological polar surface area (TPSA) is 312 Å². The number of nitrogens with zero attached hydrogens (tertiary/aromatic N) is 2. The number of carbonyl (C=O) groups excluding carboxylic acids is 9. The predicted octanol–water partition coefficient (Wildman–Crippen LogP) is 1.36. The van der Waals surface area contributed by atoms with Crippen LogP contribution in [0.2, 0.25) is 0 Å². The van der Waals surface area contributed by atoms with Crippen molar-refractivity contribution in [3.8, 4) is 0 Å². The van der Waals surface area contributed by atoms with Crippen LogP contribution in [0.1, 0.15) is 88.5 Å². The molecule has 0 bridgehead atoms. The van der Waals surface area contributed by atoms with Crippen molar-refractivity contribution in [3.63, 3.8) is 0 Å². The van der Waals surface area contributed by atoms with Crippen LogP contribution in [0.4, 0.5) is 0 Å². The van der Waals surface area contributed by atoms with E-state index in [0.717, 1.165) is 21.7 Å². The van der Waals surface area contributed by atoms with Gasteiger partial charge in [0.05, 0.1) is 12.7 Å². The Morgan fingerprint density at radius 3 is 2.27 bits per heavy atom. The third-order valence-corrected chi connectivity index (χ3v) is 13.5. The van der Waals surface area contributed by atoms with Crippen molar-refractivity contribution in [2.75, 3.05) is 13.1 Å². The van der Waals surface area contributed by atoms with Crippen LogP contribution in [0.3, 0.4) is 0 Å². The third-order valence-electron chi connectivity index (χ3n) is 13.5. The summed E-state index contributed by atoms with van der Waals surface area (Å²) in [7, 11) is 0. The van der Waals surface area contributed by atoms with E-state index in [4.69, 9.17) is 5.73 Å². The van der Waals surface area contributed by atoms with E-state index in [0.29, 0.717) is 48.9 Å². The second-order valence-corrected chi connectivity index (χ2v) is 19.1. The molecular formula is C53H66N12O9. The third kappa shape index (κ3) is 14.3. The molecule has 2 fully saturated rings. The van der Waals surface area contributed by atoms with Crippen LogP contribution in [0.25, 0.3) is 21.7 Å². The van der Waals surface area contributed by atoms with Gasteiger partial charge in [0.15, 0.2) is 0 Å². The van der Waals surface area contributed by atoms with Crippen LogP contribution < -0.4 is 43.0 Å². The maximum absolute atomic E-state index is 15.1. The van der Waals surface area contributed by atoms with Crippen molar-refractivity contribution < 1.29 is 43.2 Å². The lowest BCUT2D eigenvalue weighted by Crippen LogP contribution is -2.61. The molecule has 392 valence electrons. The first-order valence-corrected chi connectivity index (χ1v) is 25.3. The van der Waals surface area contributed by atoms with Crippen molar-refractivity contribution in [1.29, 1.82) is 0 Å². The molecule has 2 aromatic heterocycles. The molecule has 9 amide bonds. The first-order chi connectivity index (χ1) is 35.7. The number of primary amides is 1. The summed E-state index contributed by atoms with van der Waals surface area (Å²) >= 11 is 0. The molecule has 0 spiro atoms. The molecule has 21 nitrogen and oxygen atoms in total. The summed E-state index contributed by atoms with van der Waals surface area (Å²) in [6, 6.07) is 12.0. The van der Waals surface area contributed by atoms with Crippen LogP contribution in [0.5, 0.6) is 0 Å². The van der Waals surface area contributed by atoms with Crippen LogP contribution in [-0.4, -0.2) is 128 Å². The van der Waals surface area contributed by atoms with Gasteiger partial charge in [-0.1, -0.05) is 80.4 Å². The number of hydrogen-bond donors (Lipinski definition) is 10. The van der Waals surface area contributed by atoms with Crippen molar-refractivity contribution >= 4 is 74.8 Å². The van der Waals surface area contributed by atoms with Crippen LogP contribution >= 0.6 is 0 Å². The maximum atomic E-state index is 15.1. The summed E-state index contributed by atoms with van der Waals surface area (Å²) in [6.45, 7) is 3.38. The number of carbonyl (C=O) groups is 9. The molecule has 0 aliphatic carbocycles. The molecule has 2 saturated heterocycles. The van der Waals surface area contributed by atoms with Crippen molar-refractivity contribution in [2.24, 2.45) is 5.73 Å². The average Bonchev–Trinajstić information content (AvgIpc) is 4.18. The van der Waals surface area contributed by atoms with E-state index in [-0.39, 0.29) is 51.6 Å². The lowest BCUT2D eigenvalue weighted by atomic mass is 9.99. The van der Waals surface area contributed by atoms with Crippen LogP contribution in [-0.2, 0) is 62.4 Å². The molecule has 7 rings (SSSR count). The zero-order chi connectivity index (χ0) is 52.7. The first-order valence-electron chi connectivity index (χ1n) is 25.3. The number of amides is 9. The lowest BCUT2D eigenvalue weighted by Gasteiger charge is -2.31. The van der Waals surface area contributed by atoms with E-state index in [1.165, 1.54) is 24.3 Å². The Balaban J connectivity index is 1.24. The van der Waals surface area contributed by atoms with Gasteiger partial charge in [0, 0.05) is 68.3 Å². The molecule has 0 unspecified atom stereocenters.